The monoisotopic (exact) mass is 332 g/mol. The second-order valence-electron chi connectivity index (χ2n) is 5.83. The molecule has 120 valence electrons. The Hall–Kier alpha value is -0.550. The zero-order valence-corrected chi connectivity index (χ0v) is 14.7. The van der Waals surface area contributed by atoms with E-state index in [1.807, 2.05) is 18.5 Å². The molecule has 1 saturated carbocycles. The maximum absolute atomic E-state index is 12.0. The van der Waals surface area contributed by atoms with Gasteiger partial charge in [0.1, 0.15) is 4.90 Å². The smallest absolute Gasteiger partial charge is 0.264 e. The van der Waals surface area contributed by atoms with Gasteiger partial charge in [0.15, 0.2) is 0 Å². The van der Waals surface area contributed by atoms with Crippen LogP contribution in [0.4, 0.5) is 0 Å². The molecular formula is C15H25ClN2O2S. The zero-order chi connectivity index (χ0) is 15.6. The third-order valence-electron chi connectivity index (χ3n) is 4.65. The minimum absolute atomic E-state index is 0.259. The molecule has 0 N–H and O–H groups in total. The second-order valence-corrected chi connectivity index (χ2v) is 8.33. The normalized spacial score (nSPS) is 23.4. The van der Waals surface area contributed by atoms with Crippen molar-refractivity contribution in [2.45, 2.75) is 76.7 Å². The lowest BCUT2D eigenvalue weighted by molar-refractivity contribution is 0.212. The molecule has 6 heteroatoms. The van der Waals surface area contributed by atoms with Crippen LogP contribution in [0.1, 0.15) is 70.3 Å². The van der Waals surface area contributed by atoms with E-state index in [-0.39, 0.29) is 4.90 Å². The van der Waals surface area contributed by atoms with Crippen LogP contribution in [-0.4, -0.2) is 18.2 Å². The Morgan fingerprint density at radius 2 is 1.86 bits per heavy atom. The molecule has 0 aliphatic heterocycles. The molecule has 2 atom stereocenters. The van der Waals surface area contributed by atoms with Gasteiger partial charge in [0.05, 0.1) is 17.4 Å². The Bertz CT molecular complexity index is 595. The van der Waals surface area contributed by atoms with E-state index in [4.69, 9.17) is 10.7 Å². The summed E-state index contributed by atoms with van der Waals surface area (Å²) in [5.74, 6) is 0.583. The van der Waals surface area contributed by atoms with Crippen molar-refractivity contribution in [3.8, 4) is 0 Å². The fraction of sp³-hybridized carbons (Fsp3) is 0.800. The van der Waals surface area contributed by atoms with Crippen LogP contribution >= 0.6 is 10.7 Å². The molecule has 0 saturated heterocycles. The van der Waals surface area contributed by atoms with E-state index in [1.165, 1.54) is 19.3 Å². The highest BCUT2D eigenvalue weighted by atomic mass is 35.7. The molecule has 0 aromatic carbocycles. The minimum atomic E-state index is -3.74. The Labute approximate surface area is 132 Å². The average molecular weight is 333 g/mol. The summed E-state index contributed by atoms with van der Waals surface area (Å²) in [6, 6.07) is 0.316. The number of nitrogens with zero attached hydrogens (tertiary/aromatic N) is 2. The van der Waals surface area contributed by atoms with Crippen LogP contribution in [0.15, 0.2) is 4.90 Å². The zero-order valence-electron chi connectivity index (χ0n) is 13.1. The highest BCUT2D eigenvalue weighted by molar-refractivity contribution is 8.13. The average Bonchev–Trinajstić information content (AvgIpc) is 2.85. The molecule has 0 spiro atoms. The number of rotatable bonds is 5. The van der Waals surface area contributed by atoms with E-state index in [0.717, 1.165) is 18.5 Å². The largest absolute Gasteiger partial charge is 0.265 e. The predicted octanol–water partition coefficient (Wildman–Crippen LogP) is 4.08. The molecule has 1 fully saturated rings. The van der Waals surface area contributed by atoms with Gasteiger partial charge in [-0.15, -0.1) is 0 Å². The van der Waals surface area contributed by atoms with Gasteiger partial charge >= 0.3 is 0 Å². The van der Waals surface area contributed by atoms with E-state index in [2.05, 4.69) is 12.0 Å². The van der Waals surface area contributed by atoms with E-state index >= 15 is 0 Å². The van der Waals surface area contributed by atoms with Crippen LogP contribution in [0.5, 0.6) is 0 Å². The molecule has 21 heavy (non-hydrogen) atoms. The van der Waals surface area contributed by atoms with Crippen LogP contribution in [0.25, 0.3) is 0 Å². The topological polar surface area (TPSA) is 52.0 Å². The highest BCUT2D eigenvalue weighted by Gasteiger charge is 2.32. The van der Waals surface area contributed by atoms with Gasteiger partial charge in [-0.2, -0.15) is 5.10 Å². The summed E-state index contributed by atoms with van der Waals surface area (Å²) in [6.45, 7) is 6.11. The first-order chi connectivity index (χ1) is 9.93. The van der Waals surface area contributed by atoms with Gasteiger partial charge in [-0.05, 0) is 31.6 Å². The molecule has 1 aromatic heterocycles. The van der Waals surface area contributed by atoms with Crippen molar-refractivity contribution in [1.82, 2.24) is 9.78 Å². The first-order valence-electron chi connectivity index (χ1n) is 7.98. The standard InChI is InChI=1S/C15H25ClN2O2S/c1-4-11-9-7-8-10-14(11)18-13(6-3)15(21(16,19)20)12(5-2)17-18/h11,14H,4-10H2,1-3H3. The Morgan fingerprint density at radius 3 is 2.38 bits per heavy atom. The lowest BCUT2D eigenvalue weighted by Crippen LogP contribution is -2.25. The van der Waals surface area contributed by atoms with Crippen molar-refractivity contribution in [3.63, 3.8) is 0 Å². The summed E-state index contributed by atoms with van der Waals surface area (Å²) >= 11 is 0. The molecule has 2 rings (SSSR count). The number of aromatic nitrogens is 2. The molecule has 1 aliphatic carbocycles. The summed E-state index contributed by atoms with van der Waals surface area (Å²) in [6.07, 6.45) is 7.07. The Balaban J connectivity index is 2.56. The maximum Gasteiger partial charge on any atom is 0.264 e. The van der Waals surface area contributed by atoms with Gasteiger partial charge < -0.3 is 0 Å². The fourth-order valence-corrected chi connectivity index (χ4v) is 5.12. The fourth-order valence-electron chi connectivity index (χ4n) is 3.60. The number of halogens is 1. The molecule has 2 unspecified atom stereocenters. The van der Waals surface area contributed by atoms with Gasteiger partial charge in [0.25, 0.3) is 9.05 Å². The molecule has 0 bridgehead atoms. The minimum Gasteiger partial charge on any atom is -0.265 e. The number of hydrogen-bond donors (Lipinski definition) is 0. The van der Waals surface area contributed by atoms with Crippen molar-refractivity contribution >= 4 is 19.7 Å². The summed E-state index contributed by atoms with van der Waals surface area (Å²) in [4.78, 5) is 0.259. The lowest BCUT2D eigenvalue weighted by Gasteiger charge is -2.32. The van der Waals surface area contributed by atoms with E-state index < -0.39 is 9.05 Å². The first kappa shape index (κ1) is 16.8. The highest BCUT2D eigenvalue weighted by Crippen LogP contribution is 2.38. The van der Waals surface area contributed by atoms with Crippen LogP contribution < -0.4 is 0 Å². The van der Waals surface area contributed by atoms with Crippen molar-refractivity contribution in [3.05, 3.63) is 11.4 Å². The number of hydrogen-bond acceptors (Lipinski definition) is 3. The SMILES string of the molecule is CCc1nn(C2CCCCC2CC)c(CC)c1S(=O)(=O)Cl. The Kier molecular flexibility index (Phi) is 5.36. The maximum atomic E-state index is 12.0. The molecule has 0 amide bonds. The van der Waals surface area contributed by atoms with E-state index in [9.17, 15) is 8.42 Å². The second kappa shape index (κ2) is 6.69. The molecule has 0 radical (unpaired) electrons. The van der Waals surface area contributed by atoms with Gasteiger partial charge in [0.2, 0.25) is 0 Å². The van der Waals surface area contributed by atoms with Crippen LogP contribution in [-0.2, 0) is 21.9 Å². The van der Waals surface area contributed by atoms with Crippen LogP contribution in [0.3, 0.4) is 0 Å². The van der Waals surface area contributed by atoms with E-state index in [1.54, 1.807) is 0 Å². The molecule has 1 aromatic rings. The van der Waals surface area contributed by atoms with Crippen molar-refractivity contribution in [1.29, 1.82) is 0 Å². The first-order valence-corrected chi connectivity index (χ1v) is 10.3. The molecule has 1 heterocycles. The summed E-state index contributed by atoms with van der Waals surface area (Å²) in [5, 5.41) is 4.64. The van der Waals surface area contributed by atoms with Gasteiger partial charge in [-0.1, -0.05) is 40.0 Å². The Morgan fingerprint density at radius 1 is 1.19 bits per heavy atom. The predicted molar refractivity (Wildman–Crippen MR) is 85.3 cm³/mol. The summed E-state index contributed by atoms with van der Waals surface area (Å²) < 4.78 is 25.9. The van der Waals surface area contributed by atoms with Crippen LogP contribution in [0.2, 0.25) is 0 Å². The summed E-state index contributed by atoms with van der Waals surface area (Å²) in [5.41, 5.74) is 1.40. The lowest BCUT2D eigenvalue weighted by atomic mass is 9.83. The third-order valence-corrected chi connectivity index (χ3v) is 6.07. The third kappa shape index (κ3) is 3.29. The van der Waals surface area contributed by atoms with Crippen molar-refractivity contribution < 1.29 is 8.42 Å². The van der Waals surface area contributed by atoms with E-state index in [0.29, 0.717) is 30.5 Å². The van der Waals surface area contributed by atoms with Crippen LogP contribution in [0, 0.1) is 5.92 Å². The number of aryl methyl sites for hydroxylation is 1. The van der Waals surface area contributed by atoms with Gasteiger partial charge in [0, 0.05) is 10.7 Å². The van der Waals surface area contributed by atoms with Crippen molar-refractivity contribution in [2.24, 2.45) is 5.92 Å². The van der Waals surface area contributed by atoms with Gasteiger partial charge in [-0.3, -0.25) is 4.68 Å². The molecular weight excluding hydrogens is 308 g/mol. The summed E-state index contributed by atoms with van der Waals surface area (Å²) in [7, 11) is 1.93. The molecule has 4 nitrogen and oxygen atoms in total. The molecule has 1 aliphatic rings. The van der Waals surface area contributed by atoms with Gasteiger partial charge in [-0.25, -0.2) is 8.42 Å². The van der Waals surface area contributed by atoms with Crippen molar-refractivity contribution in [2.75, 3.05) is 0 Å². The quantitative estimate of drug-likeness (QED) is 0.763.